The molecular formula is C19H24N4O4. The SMILES string of the molecule is C[C@H]1COC[C@H]2CN(C(=O)c3ccccc3N3CCC(=O)NC3=O)CCN21. The Morgan fingerprint density at radius 2 is 1.96 bits per heavy atom. The van der Waals surface area contributed by atoms with Gasteiger partial charge in [0.2, 0.25) is 5.91 Å². The quantitative estimate of drug-likeness (QED) is 0.826. The second-order valence-corrected chi connectivity index (χ2v) is 7.30. The Labute approximate surface area is 158 Å². The monoisotopic (exact) mass is 372 g/mol. The van der Waals surface area contributed by atoms with Gasteiger partial charge in [-0.1, -0.05) is 12.1 Å². The van der Waals surface area contributed by atoms with E-state index in [1.807, 2.05) is 4.90 Å². The van der Waals surface area contributed by atoms with Crippen molar-refractivity contribution in [3.63, 3.8) is 0 Å². The molecule has 27 heavy (non-hydrogen) atoms. The number of piperazine rings is 1. The Kier molecular flexibility index (Phi) is 4.84. The number of imide groups is 1. The van der Waals surface area contributed by atoms with Crippen LogP contribution in [-0.2, 0) is 9.53 Å². The van der Waals surface area contributed by atoms with Gasteiger partial charge in [-0.2, -0.15) is 0 Å². The zero-order chi connectivity index (χ0) is 19.0. The number of amides is 4. The van der Waals surface area contributed by atoms with Crippen molar-refractivity contribution < 1.29 is 19.1 Å². The molecule has 0 radical (unpaired) electrons. The van der Waals surface area contributed by atoms with Crippen LogP contribution in [0.15, 0.2) is 24.3 Å². The second kappa shape index (κ2) is 7.28. The van der Waals surface area contributed by atoms with Crippen LogP contribution in [-0.4, -0.2) is 79.1 Å². The molecule has 8 nitrogen and oxygen atoms in total. The van der Waals surface area contributed by atoms with Crippen molar-refractivity contribution in [2.75, 3.05) is 44.3 Å². The molecular weight excluding hydrogens is 348 g/mol. The van der Waals surface area contributed by atoms with E-state index in [1.165, 1.54) is 4.90 Å². The van der Waals surface area contributed by atoms with E-state index in [9.17, 15) is 14.4 Å². The fraction of sp³-hybridized carbons (Fsp3) is 0.526. The highest BCUT2D eigenvalue weighted by Gasteiger charge is 2.36. The highest BCUT2D eigenvalue weighted by Crippen LogP contribution is 2.26. The smallest absolute Gasteiger partial charge is 0.328 e. The summed E-state index contributed by atoms with van der Waals surface area (Å²) in [4.78, 5) is 42.6. The third kappa shape index (κ3) is 3.42. The lowest BCUT2D eigenvalue weighted by Gasteiger charge is -2.47. The maximum atomic E-state index is 13.2. The first-order valence-electron chi connectivity index (χ1n) is 9.37. The molecule has 4 rings (SSSR count). The lowest BCUT2D eigenvalue weighted by molar-refractivity contribution is -0.120. The predicted octanol–water partition coefficient (Wildman–Crippen LogP) is 0.678. The number of morpholine rings is 1. The lowest BCUT2D eigenvalue weighted by Crippen LogP contribution is -2.62. The highest BCUT2D eigenvalue weighted by atomic mass is 16.5. The molecule has 0 unspecified atom stereocenters. The van der Waals surface area contributed by atoms with Gasteiger partial charge in [0.1, 0.15) is 0 Å². The molecule has 8 heteroatoms. The first-order chi connectivity index (χ1) is 13.0. The topological polar surface area (TPSA) is 82.2 Å². The lowest BCUT2D eigenvalue weighted by atomic mass is 10.1. The Bertz CT molecular complexity index is 768. The van der Waals surface area contributed by atoms with Gasteiger partial charge in [0.05, 0.1) is 30.5 Å². The molecule has 0 aromatic heterocycles. The molecule has 0 bridgehead atoms. The molecule has 4 amide bonds. The van der Waals surface area contributed by atoms with Crippen molar-refractivity contribution >= 4 is 23.5 Å². The standard InChI is InChI=1S/C19H24N4O4/c1-13-11-27-12-14-10-21(8-9-22(13)14)18(25)15-4-2-3-5-16(15)23-7-6-17(24)20-19(23)26/h2-5,13-14H,6-12H2,1H3,(H,20,24,26)/t13-,14+/m0/s1. The summed E-state index contributed by atoms with van der Waals surface area (Å²) in [6.45, 7) is 5.87. The van der Waals surface area contributed by atoms with Crippen LogP contribution in [0.5, 0.6) is 0 Å². The molecule has 2 atom stereocenters. The summed E-state index contributed by atoms with van der Waals surface area (Å²) in [5.74, 6) is -0.379. The van der Waals surface area contributed by atoms with Gasteiger partial charge in [0, 0.05) is 38.6 Å². The van der Waals surface area contributed by atoms with Crippen LogP contribution in [0.4, 0.5) is 10.5 Å². The van der Waals surface area contributed by atoms with Crippen LogP contribution in [0.3, 0.4) is 0 Å². The normalized spacial score (nSPS) is 26.6. The average molecular weight is 372 g/mol. The van der Waals surface area contributed by atoms with Gasteiger partial charge in [-0.25, -0.2) is 4.79 Å². The van der Waals surface area contributed by atoms with E-state index in [1.54, 1.807) is 24.3 Å². The van der Waals surface area contributed by atoms with Gasteiger partial charge in [-0.3, -0.25) is 24.7 Å². The number of rotatable bonds is 2. The van der Waals surface area contributed by atoms with E-state index in [-0.39, 0.29) is 30.8 Å². The summed E-state index contributed by atoms with van der Waals surface area (Å²) < 4.78 is 5.66. The number of hydrogen-bond acceptors (Lipinski definition) is 5. The van der Waals surface area contributed by atoms with E-state index < -0.39 is 6.03 Å². The Morgan fingerprint density at radius 1 is 1.15 bits per heavy atom. The molecule has 1 N–H and O–H groups in total. The van der Waals surface area contributed by atoms with Crippen molar-refractivity contribution in [3.05, 3.63) is 29.8 Å². The van der Waals surface area contributed by atoms with Gasteiger partial charge >= 0.3 is 6.03 Å². The number of anilines is 1. The first-order valence-corrected chi connectivity index (χ1v) is 9.37. The molecule has 0 spiro atoms. The molecule has 1 aromatic rings. The van der Waals surface area contributed by atoms with Gasteiger partial charge in [0.25, 0.3) is 5.91 Å². The number of nitrogens with zero attached hydrogens (tertiary/aromatic N) is 3. The fourth-order valence-electron chi connectivity index (χ4n) is 4.11. The highest BCUT2D eigenvalue weighted by molar-refractivity contribution is 6.09. The number of hydrogen-bond donors (Lipinski definition) is 1. The fourth-order valence-corrected chi connectivity index (χ4v) is 4.11. The molecule has 144 valence electrons. The number of fused-ring (bicyclic) bond motifs is 1. The second-order valence-electron chi connectivity index (χ2n) is 7.30. The summed E-state index contributed by atoms with van der Waals surface area (Å²) >= 11 is 0. The number of carbonyl (C=O) groups excluding carboxylic acids is 3. The van der Waals surface area contributed by atoms with Crippen LogP contribution < -0.4 is 10.2 Å². The maximum Gasteiger partial charge on any atom is 0.328 e. The third-order valence-electron chi connectivity index (χ3n) is 5.53. The summed E-state index contributed by atoms with van der Waals surface area (Å²) in [6, 6.07) is 7.18. The summed E-state index contributed by atoms with van der Waals surface area (Å²) in [5.41, 5.74) is 1.03. The minimum Gasteiger partial charge on any atom is -0.378 e. The van der Waals surface area contributed by atoms with Gasteiger partial charge in [0.15, 0.2) is 0 Å². The summed E-state index contributed by atoms with van der Waals surface area (Å²) in [6.07, 6.45) is 0.226. The minimum absolute atomic E-state index is 0.0897. The molecule has 1 aromatic carbocycles. The van der Waals surface area contributed by atoms with Crippen LogP contribution in [0.2, 0.25) is 0 Å². The predicted molar refractivity (Wildman–Crippen MR) is 98.6 cm³/mol. The average Bonchev–Trinajstić information content (AvgIpc) is 2.67. The molecule has 3 heterocycles. The number of carbonyl (C=O) groups is 3. The van der Waals surface area contributed by atoms with Crippen molar-refractivity contribution in [2.45, 2.75) is 25.4 Å². The van der Waals surface area contributed by atoms with Crippen molar-refractivity contribution in [1.29, 1.82) is 0 Å². The third-order valence-corrected chi connectivity index (χ3v) is 5.53. The van der Waals surface area contributed by atoms with Crippen molar-refractivity contribution in [2.24, 2.45) is 0 Å². The Morgan fingerprint density at radius 3 is 2.78 bits per heavy atom. The molecule has 3 fully saturated rings. The van der Waals surface area contributed by atoms with E-state index in [0.717, 1.165) is 13.2 Å². The number of para-hydroxylation sites is 1. The molecule has 3 aliphatic rings. The molecule has 0 aliphatic carbocycles. The van der Waals surface area contributed by atoms with Crippen LogP contribution >= 0.6 is 0 Å². The molecule has 3 aliphatic heterocycles. The number of ether oxygens (including phenoxy) is 1. The number of urea groups is 1. The number of benzene rings is 1. The zero-order valence-corrected chi connectivity index (χ0v) is 15.4. The van der Waals surface area contributed by atoms with Gasteiger partial charge in [-0.15, -0.1) is 0 Å². The van der Waals surface area contributed by atoms with E-state index in [0.29, 0.717) is 37.0 Å². The van der Waals surface area contributed by atoms with Crippen molar-refractivity contribution in [3.8, 4) is 0 Å². The Balaban J connectivity index is 1.54. The maximum absolute atomic E-state index is 13.2. The summed E-state index contributed by atoms with van der Waals surface area (Å²) in [7, 11) is 0. The Hall–Kier alpha value is -2.45. The van der Waals surface area contributed by atoms with E-state index >= 15 is 0 Å². The van der Waals surface area contributed by atoms with Crippen LogP contribution in [0.25, 0.3) is 0 Å². The van der Waals surface area contributed by atoms with Crippen LogP contribution in [0, 0.1) is 0 Å². The van der Waals surface area contributed by atoms with Crippen LogP contribution in [0.1, 0.15) is 23.7 Å². The zero-order valence-electron chi connectivity index (χ0n) is 15.4. The molecule has 3 saturated heterocycles. The largest absolute Gasteiger partial charge is 0.378 e. The van der Waals surface area contributed by atoms with Crippen molar-refractivity contribution in [1.82, 2.24) is 15.1 Å². The van der Waals surface area contributed by atoms with Gasteiger partial charge < -0.3 is 9.64 Å². The van der Waals surface area contributed by atoms with E-state index in [2.05, 4.69) is 17.1 Å². The minimum atomic E-state index is -0.481. The first kappa shape index (κ1) is 17.9. The van der Waals surface area contributed by atoms with Gasteiger partial charge in [-0.05, 0) is 19.1 Å². The number of nitrogens with one attached hydrogen (secondary N) is 1. The van der Waals surface area contributed by atoms with E-state index in [4.69, 9.17) is 4.74 Å². The molecule has 0 saturated carbocycles. The summed E-state index contributed by atoms with van der Waals surface area (Å²) in [5, 5.41) is 2.32.